The van der Waals surface area contributed by atoms with Crippen molar-refractivity contribution in [3.8, 4) is 6.07 Å². The third-order valence-corrected chi connectivity index (χ3v) is 8.41. The quantitative estimate of drug-likeness (QED) is 0.446. The molecule has 0 radical (unpaired) electrons. The van der Waals surface area contributed by atoms with Crippen LogP contribution in [0.15, 0.2) is 41.3 Å². The van der Waals surface area contributed by atoms with Crippen LogP contribution in [0.25, 0.3) is 11.0 Å². The van der Waals surface area contributed by atoms with Gasteiger partial charge in [0.05, 0.1) is 29.2 Å². The van der Waals surface area contributed by atoms with Gasteiger partial charge in [0.1, 0.15) is 12.1 Å². The Labute approximate surface area is 218 Å². The molecule has 9 nitrogen and oxygen atoms in total. The summed E-state index contributed by atoms with van der Waals surface area (Å²) in [4.78, 5) is 17.7. The molecule has 3 heterocycles. The van der Waals surface area contributed by atoms with Gasteiger partial charge in [-0.2, -0.15) is 10.4 Å². The summed E-state index contributed by atoms with van der Waals surface area (Å²) in [5, 5.41) is 13.8. The van der Waals surface area contributed by atoms with Crippen LogP contribution in [0.4, 0.5) is 5.69 Å². The summed E-state index contributed by atoms with van der Waals surface area (Å²) in [6.07, 6.45) is 4.88. The van der Waals surface area contributed by atoms with Gasteiger partial charge in [0, 0.05) is 50.6 Å². The first-order valence-electron chi connectivity index (χ1n) is 12.8. The van der Waals surface area contributed by atoms with Crippen molar-refractivity contribution in [2.75, 3.05) is 24.2 Å². The molecule has 0 saturated carbocycles. The average molecular weight is 525 g/mol. The van der Waals surface area contributed by atoms with Crippen molar-refractivity contribution in [3.63, 3.8) is 0 Å². The summed E-state index contributed by atoms with van der Waals surface area (Å²) in [6.45, 7) is 8.28. The number of nitriles is 1. The standard InChI is InChI=1S/C27H36N6O3S/c1-6-22-16-33(24-14-26(34)30(4)25-17-31(13-12-28)29-27(24)25)23(7-2)15-32(22)19(3)21-10-8-20(9-11-21)18-37(5,35)36/h8-11,14,17,19,22-23H,6-7,13,15-16,18H2,1-5H3/t19?,22-,23+/m1/s1. The Hall–Kier alpha value is -3.16. The van der Waals surface area contributed by atoms with E-state index in [0.29, 0.717) is 0 Å². The van der Waals surface area contributed by atoms with Crippen LogP contribution in [0.3, 0.4) is 0 Å². The molecule has 0 N–H and O–H groups in total. The number of anilines is 1. The molecular weight excluding hydrogens is 488 g/mol. The molecule has 1 aliphatic rings. The number of hydrogen-bond acceptors (Lipinski definition) is 7. The summed E-state index contributed by atoms with van der Waals surface area (Å²) in [7, 11) is -1.34. The number of fused-ring (bicyclic) bond motifs is 1. The Morgan fingerprint density at radius 3 is 2.41 bits per heavy atom. The van der Waals surface area contributed by atoms with Crippen molar-refractivity contribution in [2.45, 2.75) is 64.0 Å². The summed E-state index contributed by atoms with van der Waals surface area (Å²) in [5.41, 5.74) is 4.17. The van der Waals surface area contributed by atoms with Crippen molar-refractivity contribution >= 4 is 26.6 Å². The van der Waals surface area contributed by atoms with Gasteiger partial charge in [0.15, 0.2) is 9.84 Å². The largest absolute Gasteiger partial charge is 0.364 e. The SMILES string of the molecule is CC[C@H]1CN(C(C)c2ccc(CS(C)(=O)=O)cc2)[C@H](CC)CN1c1cc(=O)n(C)c2cn(CC#N)nc12. The van der Waals surface area contributed by atoms with Crippen molar-refractivity contribution in [1.82, 2.24) is 19.2 Å². The molecule has 1 unspecified atom stereocenters. The van der Waals surface area contributed by atoms with Crippen LogP contribution in [-0.4, -0.2) is 59.1 Å². The lowest BCUT2D eigenvalue weighted by molar-refractivity contribution is 0.101. The van der Waals surface area contributed by atoms with Crippen LogP contribution < -0.4 is 10.5 Å². The highest BCUT2D eigenvalue weighted by atomic mass is 32.2. The number of hydrogen-bond donors (Lipinski definition) is 0. The van der Waals surface area contributed by atoms with E-state index in [-0.39, 0.29) is 36.0 Å². The lowest BCUT2D eigenvalue weighted by Gasteiger charge is -2.49. The number of piperazine rings is 1. The van der Waals surface area contributed by atoms with Gasteiger partial charge in [0.2, 0.25) is 0 Å². The van der Waals surface area contributed by atoms with Crippen LogP contribution in [0.2, 0.25) is 0 Å². The van der Waals surface area contributed by atoms with E-state index in [9.17, 15) is 13.2 Å². The molecule has 3 atom stereocenters. The second kappa shape index (κ2) is 10.7. The van der Waals surface area contributed by atoms with Gasteiger partial charge in [-0.25, -0.2) is 8.42 Å². The molecule has 3 aromatic rings. The number of aryl methyl sites for hydroxylation is 1. The molecule has 37 heavy (non-hydrogen) atoms. The van der Waals surface area contributed by atoms with E-state index in [1.54, 1.807) is 28.6 Å². The molecule has 2 aromatic heterocycles. The Kier molecular flexibility index (Phi) is 7.76. The number of aromatic nitrogens is 3. The predicted molar refractivity (Wildman–Crippen MR) is 146 cm³/mol. The highest BCUT2D eigenvalue weighted by molar-refractivity contribution is 7.89. The first-order valence-corrected chi connectivity index (χ1v) is 14.8. The van der Waals surface area contributed by atoms with Crippen LogP contribution >= 0.6 is 0 Å². The van der Waals surface area contributed by atoms with Gasteiger partial charge in [-0.3, -0.25) is 14.4 Å². The smallest absolute Gasteiger partial charge is 0.252 e. The van der Waals surface area contributed by atoms with Gasteiger partial charge >= 0.3 is 0 Å². The minimum atomic E-state index is -3.07. The second-order valence-corrected chi connectivity index (χ2v) is 12.2. The first-order chi connectivity index (χ1) is 17.6. The zero-order valence-corrected chi connectivity index (χ0v) is 23.1. The van der Waals surface area contributed by atoms with E-state index in [0.717, 1.165) is 53.8 Å². The Morgan fingerprint density at radius 1 is 1.14 bits per heavy atom. The van der Waals surface area contributed by atoms with Crippen molar-refractivity contribution in [3.05, 3.63) is 58.0 Å². The second-order valence-electron chi connectivity index (χ2n) is 10.1. The fraction of sp³-hybridized carbons (Fsp3) is 0.519. The van der Waals surface area contributed by atoms with Crippen LogP contribution in [0.1, 0.15) is 50.8 Å². The van der Waals surface area contributed by atoms with Crippen LogP contribution in [-0.2, 0) is 29.2 Å². The molecular formula is C27H36N6O3S. The molecule has 0 amide bonds. The average Bonchev–Trinajstić information content (AvgIpc) is 3.29. The van der Waals surface area contributed by atoms with Gasteiger partial charge in [0.25, 0.3) is 5.56 Å². The minimum Gasteiger partial charge on any atom is -0.364 e. The van der Waals surface area contributed by atoms with E-state index in [4.69, 9.17) is 5.26 Å². The summed E-state index contributed by atoms with van der Waals surface area (Å²) >= 11 is 0. The number of pyridine rings is 1. The maximum absolute atomic E-state index is 12.9. The first kappa shape index (κ1) is 26.9. The van der Waals surface area contributed by atoms with Gasteiger partial charge in [-0.05, 0) is 30.9 Å². The Morgan fingerprint density at radius 2 is 1.81 bits per heavy atom. The van der Waals surface area contributed by atoms with Crippen molar-refractivity contribution in [2.24, 2.45) is 7.05 Å². The maximum Gasteiger partial charge on any atom is 0.252 e. The normalized spacial score (nSPS) is 19.7. The highest BCUT2D eigenvalue weighted by Gasteiger charge is 2.36. The van der Waals surface area contributed by atoms with E-state index in [1.807, 2.05) is 24.3 Å². The molecule has 0 bridgehead atoms. The molecule has 1 fully saturated rings. The lowest BCUT2D eigenvalue weighted by atomic mass is 9.96. The van der Waals surface area contributed by atoms with Gasteiger partial charge in [-0.15, -0.1) is 0 Å². The summed E-state index contributed by atoms with van der Waals surface area (Å²) in [6, 6.07) is 12.3. The molecule has 0 aliphatic carbocycles. The zero-order valence-electron chi connectivity index (χ0n) is 22.3. The van der Waals surface area contributed by atoms with Crippen LogP contribution in [0.5, 0.6) is 0 Å². The molecule has 10 heteroatoms. The number of sulfone groups is 1. The lowest BCUT2D eigenvalue weighted by Crippen LogP contribution is -2.58. The molecule has 0 spiro atoms. The van der Waals surface area contributed by atoms with E-state index in [1.165, 1.54) is 6.26 Å². The molecule has 1 saturated heterocycles. The zero-order chi connectivity index (χ0) is 26.9. The molecule has 198 valence electrons. The number of nitrogens with zero attached hydrogens (tertiary/aromatic N) is 6. The summed E-state index contributed by atoms with van der Waals surface area (Å²) < 4.78 is 26.5. The Bertz CT molecular complexity index is 1470. The van der Waals surface area contributed by atoms with E-state index < -0.39 is 9.84 Å². The van der Waals surface area contributed by atoms with E-state index in [2.05, 4.69) is 41.7 Å². The monoisotopic (exact) mass is 524 g/mol. The molecule has 4 rings (SSSR count). The van der Waals surface area contributed by atoms with Crippen molar-refractivity contribution in [1.29, 1.82) is 5.26 Å². The topological polar surface area (TPSA) is 104 Å². The Balaban J connectivity index is 1.65. The fourth-order valence-corrected chi connectivity index (χ4v) is 6.25. The van der Waals surface area contributed by atoms with Crippen molar-refractivity contribution < 1.29 is 8.42 Å². The number of benzene rings is 1. The predicted octanol–water partition coefficient (Wildman–Crippen LogP) is 3.24. The van der Waals surface area contributed by atoms with Gasteiger partial charge < -0.3 is 9.47 Å². The van der Waals surface area contributed by atoms with Crippen LogP contribution in [0, 0.1) is 11.3 Å². The third-order valence-electron chi connectivity index (χ3n) is 7.55. The van der Waals surface area contributed by atoms with Gasteiger partial charge in [-0.1, -0.05) is 38.1 Å². The number of rotatable bonds is 8. The third kappa shape index (κ3) is 5.58. The molecule has 1 aromatic carbocycles. The van der Waals surface area contributed by atoms with E-state index >= 15 is 0 Å². The minimum absolute atomic E-state index is 0.0466. The molecule has 1 aliphatic heterocycles. The maximum atomic E-state index is 12.9. The highest BCUT2D eigenvalue weighted by Crippen LogP contribution is 2.34. The fourth-order valence-electron chi connectivity index (χ4n) is 5.45. The summed E-state index contributed by atoms with van der Waals surface area (Å²) in [5.74, 6) is 0.0466.